The Hall–Kier alpha value is -3.50. The second kappa shape index (κ2) is 11.5. The molecule has 0 aliphatic carbocycles. The van der Waals surface area contributed by atoms with Crippen LogP contribution in [-0.2, 0) is 11.2 Å². The van der Waals surface area contributed by atoms with Crippen LogP contribution in [0.5, 0.6) is 0 Å². The van der Waals surface area contributed by atoms with Crippen molar-refractivity contribution in [3.63, 3.8) is 0 Å². The maximum Gasteiger partial charge on any atom is 0.279 e. The van der Waals surface area contributed by atoms with E-state index in [9.17, 15) is 9.59 Å². The molecule has 2 aromatic heterocycles. The number of benzene rings is 2. The molecule has 0 spiro atoms. The van der Waals surface area contributed by atoms with Crippen LogP contribution >= 0.6 is 23.1 Å². The third-order valence-electron chi connectivity index (χ3n) is 6.08. The molecule has 4 aromatic rings. The maximum atomic E-state index is 12.7. The number of nitrogens with zero attached hydrogens (tertiary/aromatic N) is 4. The summed E-state index contributed by atoms with van der Waals surface area (Å²) in [5, 5.41) is 15.0. The molecule has 1 aliphatic heterocycles. The topological polar surface area (TPSA) is 101 Å². The fourth-order valence-electron chi connectivity index (χ4n) is 4.15. The maximum absolute atomic E-state index is 12.7. The Bertz CT molecular complexity index is 1300. The number of carbonyl (C=O) groups is 2. The van der Waals surface area contributed by atoms with Crippen molar-refractivity contribution in [3.8, 4) is 11.3 Å². The van der Waals surface area contributed by atoms with Crippen molar-refractivity contribution in [2.24, 2.45) is 5.92 Å². The third-order valence-corrected chi connectivity index (χ3v) is 8.04. The van der Waals surface area contributed by atoms with Crippen molar-refractivity contribution in [2.45, 2.75) is 23.6 Å². The van der Waals surface area contributed by atoms with Gasteiger partial charge < -0.3 is 9.42 Å². The average Bonchev–Trinajstić information content (AvgIpc) is 3.59. The van der Waals surface area contributed by atoms with E-state index in [4.69, 9.17) is 4.52 Å². The Morgan fingerprint density at radius 2 is 1.75 bits per heavy atom. The van der Waals surface area contributed by atoms with Crippen LogP contribution in [0.1, 0.15) is 28.9 Å². The van der Waals surface area contributed by atoms with E-state index >= 15 is 0 Å². The van der Waals surface area contributed by atoms with Crippen molar-refractivity contribution >= 4 is 40.0 Å². The quantitative estimate of drug-likeness (QED) is 0.258. The highest BCUT2D eigenvalue weighted by Gasteiger charge is 2.23. The Morgan fingerprint density at radius 1 is 1.03 bits per heavy atom. The highest BCUT2D eigenvalue weighted by atomic mass is 32.2. The zero-order valence-electron chi connectivity index (χ0n) is 19.5. The molecule has 0 unspecified atom stereocenters. The van der Waals surface area contributed by atoms with Gasteiger partial charge in [0, 0.05) is 24.7 Å². The van der Waals surface area contributed by atoms with Gasteiger partial charge in [0.25, 0.3) is 5.91 Å². The molecule has 8 nitrogen and oxygen atoms in total. The largest absolute Gasteiger partial charge is 0.355 e. The van der Waals surface area contributed by atoms with Gasteiger partial charge in [0.15, 0.2) is 15.8 Å². The molecule has 3 heterocycles. The summed E-state index contributed by atoms with van der Waals surface area (Å²) < 4.78 is 5.91. The number of anilines is 1. The van der Waals surface area contributed by atoms with Crippen LogP contribution in [0.4, 0.5) is 5.13 Å². The zero-order valence-corrected chi connectivity index (χ0v) is 21.1. The van der Waals surface area contributed by atoms with Gasteiger partial charge in [-0.3, -0.25) is 14.9 Å². The van der Waals surface area contributed by atoms with Crippen LogP contribution < -0.4 is 5.32 Å². The minimum atomic E-state index is -0.428. The summed E-state index contributed by atoms with van der Waals surface area (Å²) in [7, 11) is 0. The lowest BCUT2D eigenvalue weighted by atomic mass is 9.90. The third kappa shape index (κ3) is 6.19. The number of hydrogen-bond acceptors (Lipinski definition) is 8. The normalized spacial score (nSPS) is 14.1. The molecule has 5 rings (SSSR count). The minimum Gasteiger partial charge on any atom is -0.355 e. The summed E-state index contributed by atoms with van der Waals surface area (Å²) in [6, 6.07) is 21.5. The molecular formula is C26H25N5O3S2. The van der Waals surface area contributed by atoms with Crippen LogP contribution in [-0.4, -0.2) is 50.9 Å². The van der Waals surface area contributed by atoms with Crippen molar-refractivity contribution in [2.75, 3.05) is 24.2 Å². The minimum absolute atomic E-state index is 0.106. The number of piperidine rings is 1. The van der Waals surface area contributed by atoms with Crippen molar-refractivity contribution in [3.05, 3.63) is 78.0 Å². The van der Waals surface area contributed by atoms with Crippen molar-refractivity contribution in [1.29, 1.82) is 0 Å². The van der Waals surface area contributed by atoms with Gasteiger partial charge in [-0.15, -0.1) is 10.2 Å². The van der Waals surface area contributed by atoms with Crippen LogP contribution in [0.2, 0.25) is 0 Å². The molecule has 1 saturated heterocycles. The van der Waals surface area contributed by atoms with E-state index in [1.165, 1.54) is 28.7 Å². The van der Waals surface area contributed by atoms with E-state index in [1.807, 2.05) is 41.3 Å². The van der Waals surface area contributed by atoms with E-state index in [2.05, 4.69) is 44.9 Å². The second-order valence-corrected chi connectivity index (χ2v) is 10.8. The first kappa shape index (κ1) is 24.2. The predicted octanol–water partition coefficient (Wildman–Crippen LogP) is 5.02. The molecule has 0 atom stereocenters. The Balaban J connectivity index is 1.07. The molecule has 1 N–H and O–H groups in total. The Kier molecular flexibility index (Phi) is 7.73. The predicted molar refractivity (Wildman–Crippen MR) is 140 cm³/mol. The van der Waals surface area contributed by atoms with Gasteiger partial charge >= 0.3 is 0 Å². The van der Waals surface area contributed by atoms with E-state index in [1.54, 1.807) is 6.07 Å². The van der Waals surface area contributed by atoms with Crippen molar-refractivity contribution < 1.29 is 14.1 Å². The molecule has 2 aromatic carbocycles. The van der Waals surface area contributed by atoms with Gasteiger partial charge in [-0.2, -0.15) is 0 Å². The fraction of sp³-hybridized carbons (Fsp3) is 0.269. The smallest absolute Gasteiger partial charge is 0.279 e. The standard InChI is InChI=1S/C26H25N5O3S2/c32-23(31-13-11-19(12-14-31)15-18-7-3-1-4-8-18)17-35-26-29-28-25(36-26)27-24(33)21-16-22(34-30-21)20-9-5-2-6-10-20/h1-10,16,19H,11-15,17H2,(H,27,28,33). The monoisotopic (exact) mass is 519 g/mol. The summed E-state index contributed by atoms with van der Waals surface area (Å²) >= 11 is 2.57. The van der Waals surface area contributed by atoms with Crippen molar-refractivity contribution in [1.82, 2.24) is 20.3 Å². The van der Waals surface area contributed by atoms with Gasteiger partial charge in [0.2, 0.25) is 11.0 Å². The number of rotatable bonds is 8. The molecule has 0 bridgehead atoms. The van der Waals surface area contributed by atoms with Gasteiger partial charge in [-0.1, -0.05) is 88.9 Å². The fourth-order valence-corrected chi connectivity index (χ4v) is 5.80. The Labute approximate surface area is 217 Å². The van der Waals surface area contributed by atoms with Crippen LogP contribution in [0.3, 0.4) is 0 Å². The Morgan fingerprint density at radius 3 is 2.50 bits per heavy atom. The molecule has 0 radical (unpaired) electrons. The molecule has 1 aliphatic rings. The van der Waals surface area contributed by atoms with Crippen LogP contribution in [0.25, 0.3) is 11.3 Å². The SMILES string of the molecule is O=C(Nc1nnc(SCC(=O)N2CCC(Cc3ccccc3)CC2)s1)c1cc(-c2ccccc2)on1. The molecule has 1 fully saturated rings. The summed E-state index contributed by atoms with van der Waals surface area (Å²) in [6.45, 7) is 1.58. The first-order chi connectivity index (χ1) is 17.6. The van der Waals surface area contributed by atoms with E-state index < -0.39 is 5.91 Å². The lowest BCUT2D eigenvalue weighted by Gasteiger charge is -2.32. The zero-order chi connectivity index (χ0) is 24.7. The number of thioether (sulfide) groups is 1. The summed E-state index contributed by atoms with van der Waals surface area (Å²) in [5.74, 6) is 1.11. The summed E-state index contributed by atoms with van der Waals surface area (Å²) in [4.78, 5) is 27.2. The molecule has 2 amide bonds. The number of nitrogens with one attached hydrogen (secondary N) is 1. The molecule has 10 heteroatoms. The number of aromatic nitrogens is 3. The second-order valence-electron chi connectivity index (χ2n) is 8.57. The van der Waals surface area contributed by atoms with E-state index in [0.717, 1.165) is 37.9 Å². The summed E-state index contributed by atoms with van der Waals surface area (Å²) in [6.07, 6.45) is 3.11. The lowest BCUT2D eigenvalue weighted by Crippen LogP contribution is -2.39. The molecular weight excluding hydrogens is 494 g/mol. The van der Waals surface area contributed by atoms with E-state index in [0.29, 0.717) is 26.9 Å². The van der Waals surface area contributed by atoms with Crippen LogP contribution in [0, 0.1) is 5.92 Å². The van der Waals surface area contributed by atoms with Gasteiger partial charge in [-0.25, -0.2) is 0 Å². The van der Waals surface area contributed by atoms with Gasteiger partial charge in [-0.05, 0) is 30.7 Å². The molecule has 0 saturated carbocycles. The first-order valence-electron chi connectivity index (χ1n) is 11.8. The van der Waals surface area contributed by atoms with Gasteiger partial charge in [0.1, 0.15) is 0 Å². The average molecular weight is 520 g/mol. The molecule has 36 heavy (non-hydrogen) atoms. The number of amides is 2. The highest BCUT2D eigenvalue weighted by Crippen LogP contribution is 2.28. The van der Waals surface area contributed by atoms with Crippen LogP contribution in [0.15, 0.2) is 75.6 Å². The number of carbonyl (C=O) groups excluding carboxylic acids is 2. The lowest BCUT2D eigenvalue weighted by molar-refractivity contribution is -0.129. The first-order valence-corrected chi connectivity index (χ1v) is 13.6. The number of likely N-dealkylation sites (tertiary alicyclic amines) is 1. The number of hydrogen-bond donors (Lipinski definition) is 1. The van der Waals surface area contributed by atoms with E-state index in [-0.39, 0.29) is 11.6 Å². The molecule has 184 valence electrons. The van der Waals surface area contributed by atoms with Gasteiger partial charge in [0.05, 0.1) is 5.75 Å². The summed E-state index contributed by atoms with van der Waals surface area (Å²) in [5.41, 5.74) is 2.35. The highest BCUT2D eigenvalue weighted by molar-refractivity contribution is 8.01.